The van der Waals surface area contributed by atoms with Crippen molar-refractivity contribution in [2.24, 2.45) is 0 Å². The van der Waals surface area contributed by atoms with Crippen LogP contribution in [0.3, 0.4) is 0 Å². The molecule has 0 spiro atoms. The number of nitrogens with one attached hydrogen (secondary N) is 1. The van der Waals surface area contributed by atoms with Gasteiger partial charge in [-0.15, -0.1) is 0 Å². The molecule has 0 bridgehead atoms. The van der Waals surface area contributed by atoms with Gasteiger partial charge >= 0.3 is 5.97 Å². The lowest BCUT2D eigenvalue weighted by molar-refractivity contribution is -0.151. The smallest absolute Gasteiger partial charge is 0.306 e. The number of aliphatic hydroxyl groups excluding tert-OH is 2. The first-order valence-corrected chi connectivity index (χ1v) is 24.6. The van der Waals surface area contributed by atoms with Gasteiger partial charge in [0.05, 0.1) is 25.2 Å². The quantitative estimate of drug-likeness (QED) is 0.0324. The third-order valence-electron chi connectivity index (χ3n) is 11.3. The summed E-state index contributed by atoms with van der Waals surface area (Å²) in [6.45, 7) is 6.43. The van der Waals surface area contributed by atoms with Crippen molar-refractivity contribution in [2.75, 3.05) is 6.61 Å². The van der Waals surface area contributed by atoms with E-state index >= 15 is 0 Å². The highest BCUT2D eigenvalue weighted by molar-refractivity contribution is 5.77. The maximum Gasteiger partial charge on any atom is 0.306 e. The van der Waals surface area contributed by atoms with Crippen LogP contribution in [0.5, 0.6) is 0 Å². The molecule has 0 saturated carbocycles. The summed E-state index contributed by atoms with van der Waals surface area (Å²) in [7, 11) is 0. The zero-order valence-corrected chi connectivity index (χ0v) is 37.5. The van der Waals surface area contributed by atoms with Gasteiger partial charge in [0.25, 0.3) is 0 Å². The number of hydrogen-bond acceptors (Lipinski definition) is 5. The summed E-state index contributed by atoms with van der Waals surface area (Å²) in [5, 5.41) is 23.7. The minimum atomic E-state index is -0.786. The van der Waals surface area contributed by atoms with Crippen LogP contribution in [0.2, 0.25) is 0 Å². The highest BCUT2D eigenvalue weighted by Gasteiger charge is 2.24. The van der Waals surface area contributed by atoms with E-state index in [2.05, 4.69) is 50.4 Å². The standard InChI is InChI=1S/C50H95NO5/c1-4-7-10-13-16-19-22-23-24-25-28-29-32-35-38-41-46(56-50(55)43-40-37-34-31-27-21-18-15-12-9-6-3)44-49(54)51-47(45-52)48(53)42-39-36-33-30-26-20-17-14-11-8-5-2/h15,18,23-24,46-48,52-53H,4-14,16-17,19-22,25-45H2,1-3H3,(H,51,54)/b18-15-,24-23+. The van der Waals surface area contributed by atoms with E-state index in [1.807, 2.05) is 0 Å². The molecule has 0 aromatic rings. The van der Waals surface area contributed by atoms with Crippen LogP contribution in [-0.2, 0) is 14.3 Å². The summed E-state index contributed by atoms with van der Waals surface area (Å²) in [4.78, 5) is 26.0. The molecule has 0 aliphatic heterocycles. The van der Waals surface area contributed by atoms with Crippen molar-refractivity contribution < 1.29 is 24.5 Å². The monoisotopic (exact) mass is 790 g/mol. The number of ether oxygens (including phenoxy) is 1. The Balaban J connectivity index is 4.59. The summed E-state index contributed by atoms with van der Waals surface area (Å²) in [6.07, 6.45) is 49.5. The Kier molecular flexibility index (Phi) is 43.1. The number of carbonyl (C=O) groups is 2. The van der Waals surface area contributed by atoms with Gasteiger partial charge in [-0.1, -0.05) is 199 Å². The van der Waals surface area contributed by atoms with Crippen LogP contribution in [-0.4, -0.2) is 46.9 Å². The van der Waals surface area contributed by atoms with Gasteiger partial charge < -0.3 is 20.3 Å². The summed E-state index contributed by atoms with van der Waals surface area (Å²) in [5.74, 6) is -0.485. The second-order valence-electron chi connectivity index (χ2n) is 16.9. The first kappa shape index (κ1) is 54.3. The average molecular weight is 790 g/mol. The van der Waals surface area contributed by atoms with Crippen molar-refractivity contribution >= 4 is 11.9 Å². The second-order valence-corrected chi connectivity index (χ2v) is 16.9. The van der Waals surface area contributed by atoms with E-state index in [-0.39, 0.29) is 24.9 Å². The van der Waals surface area contributed by atoms with Gasteiger partial charge in [-0.25, -0.2) is 0 Å². The number of allylic oxidation sites excluding steroid dienone is 4. The minimum absolute atomic E-state index is 0.0720. The molecule has 3 atom stereocenters. The lowest BCUT2D eigenvalue weighted by Gasteiger charge is -2.24. The average Bonchev–Trinajstić information content (AvgIpc) is 3.19. The highest BCUT2D eigenvalue weighted by Crippen LogP contribution is 2.18. The van der Waals surface area contributed by atoms with Crippen molar-refractivity contribution in [1.29, 1.82) is 0 Å². The third-order valence-corrected chi connectivity index (χ3v) is 11.3. The number of unbranched alkanes of at least 4 members (excludes halogenated alkanes) is 28. The van der Waals surface area contributed by atoms with Gasteiger partial charge in [0.15, 0.2) is 0 Å². The maximum atomic E-state index is 13.2. The highest BCUT2D eigenvalue weighted by atomic mass is 16.5. The lowest BCUT2D eigenvalue weighted by Crippen LogP contribution is -2.46. The largest absolute Gasteiger partial charge is 0.462 e. The summed E-state index contributed by atoms with van der Waals surface area (Å²) in [5.41, 5.74) is 0. The molecule has 0 aromatic carbocycles. The topological polar surface area (TPSA) is 95.9 Å². The molecule has 0 rings (SSSR count). The molecule has 1 amide bonds. The van der Waals surface area contributed by atoms with E-state index in [4.69, 9.17) is 4.74 Å². The van der Waals surface area contributed by atoms with Crippen LogP contribution in [0, 0.1) is 0 Å². The molecule has 6 heteroatoms. The van der Waals surface area contributed by atoms with E-state index in [1.165, 1.54) is 141 Å². The number of esters is 1. The Morgan fingerprint density at radius 2 is 0.875 bits per heavy atom. The van der Waals surface area contributed by atoms with E-state index in [0.717, 1.165) is 70.6 Å². The molecule has 3 N–H and O–H groups in total. The molecule has 330 valence electrons. The van der Waals surface area contributed by atoms with Crippen LogP contribution in [0.1, 0.15) is 258 Å². The Morgan fingerprint density at radius 3 is 1.32 bits per heavy atom. The van der Waals surface area contributed by atoms with Gasteiger partial charge in [-0.3, -0.25) is 9.59 Å². The van der Waals surface area contributed by atoms with Crippen molar-refractivity contribution in [3.63, 3.8) is 0 Å². The van der Waals surface area contributed by atoms with Crippen LogP contribution in [0.4, 0.5) is 0 Å². The van der Waals surface area contributed by atoms with Crippen LogP contribution in [0.25, 0.3) is 0 Å². The van der Waals surface area contributed by atoms with Gasteiger partial charge in [0, 0.05) is 6.42 Å². The van der Waals surface area contributed by atoms with Crippen molar-refractivity contribution in [3.05, 3.63) is 24.3 Å². The van der Waals surface area contributed by atoms with Gasteiger partial charge in [-0.2, -0.15) is 0 Å². The zero-order chi connectivity index (χ0) is 41.0. The van der Waals surface area contributed by atoms with Gasteiger partial charge in [0.2, 0.25) is 5.91 Å². The molecule has 6 nitrogen and oxygen atoms in total. The van der Waals surface area contributed by atoms with Crippen LogP contribution < -0.4 is 5.32 Å². The molecule has 0 fully saturated rings. The minimum Gasteiger partial charge on any atom is -0.462 e. The summed E-state index contributed by atoms with van der Waals surface area (Å²) in [6, 6.07) is -0.700. The van der Waals surface area contributed by atoms with E-state index in [1.54, 1.807) is 0 Å². The molecule has 0 radical (unpaired) electrons. The van der Waals surface area contributed by atoms with Crippen molar-refractivity contribution in [2.45, 2.75) is 277 Å². The van der Waals surface area contributed by atoms with E-state index < -0.39 is 18.2 Å². The molecular formula is C50H95NO5. The molecule has 0 aliphatic rings. The first-order chi connectivity index (χ1) is 27.5. The molecule has 0 aliphatic carbocycles. The Hall–Kier alpha value is -1.66. The van der Waals surface area contributed by atoms with Crippen LogP contribution in [0.15, 0.2) is 24.3 Å². The summed E-state index contributed by atoms with van der Waals surface area (Å²) < 4.78 is 5.91. The molecule has 0 saturated heterocycles. The van der Waals surface area contributed by atoms with E-state index in [0.29, 0.717) is 19.3 Å². The molecule has 0 aromatic heterocycles. The first-order valence-electron chi connectivity index (χ1n) is 24.6. The third kappa shape index (κ3) is 39.2. The summed E-state index contributed by atoms with van der Waals surface area (Å²) >= 11 is 0. The fourth-order valence-corrected chi connectivity index (χ4v) is 7.46. The predicted molar refractivity (Wildman–Crippen MR) is 241 cm³/mol. The predicted octanol–water partition coefficient (Wildman–Crippen LogP) is 14.3. The Bertz CT molecular complexity index is 889. The second kappa shape index (κ2) is 44.4. The van der Waals surface area contributed by atoms with Gasteiger partial charge in [0.1, 0.15) is 6.10 Å². The molecule has 56 heavy (non-hydrogen) atoms. The van der Waals surface area contributed by atoms with Crippen molar-refractivity contribution in [3.8, 4) is 0 Å². The SMILES string of the molecule is CCCC/C=C\CCCCCCCC(=O)OC(CCCCCCC/C=C/CCCCCCCC)CC(=O)NC(CO)C(O)CCCCCCCCCCCCC. The number of carbonyl (C=O) groups excluding carboxylic acids is 2. The molecule has 3 unspecified atom stereocenters. The Labute approximate surface area is 348 Å². The number of rotatable bonds is 44. The van der Waals surface area contributed by atoms with Crippen LogP contribution >= 0.6 is 0 Å². The lowest BCUT2D eigenvalue weighted by atomic mass is 10.0. The fourth-order valence-electron chi connectivity index (χ4n) is 7.46. The van der Waals surface area contributed by atoms with Gasteiger partial charge in [-0.05, 0) is 70.6 Å². The number of aliphatic hydroxyl groups is 2. The maximum absolute atomic E-state index is 13.2. The van der Waals surface area contributed by atoms with Crippen molar-refractivity contribution in [1.82, 2.24) is 5.32 Å². The number of amides is 1. The fraction of sp³-hybridized carbons (Fsp3) is 0.880. The zero-order valence-electron chi connectivity index (χ0n) is 37.5. The normalized spacial score (nSPS) is 13.4. The number of hydrogen-bond donors (Lipinski definition) is 3. The molecule has 0 heterocycles. The van der Waals surface area contributed by atoms with E-state index in [9.17, 15) is 19.8 Å². The molecular weight excluding hydrogens is 695 g/mol. The Morgan fingerprint density at radius 1 is 0.500 bits per heavy atom.